The summed E-state index contributed by atoms with van der Waals surface area (Å²) in [5, 5.41) is 6.99. The lowest BCUT2D eigenvalue weighted by atomic mass is 10.0. The third kappa shape index (κ3) is 1.71. The van der Waals surface area contributed by atoms with Crippen LogP contribution in [0.4, 0.5) is 0 Å². The van der Waals surface area contributed by atoms with Crippen molar-refractivity contribution in [3.8, 4) is 0 Å². The molecule has 0 aromatic rings. The maximum absolute atomic E-state index is 3.50. The molecule has 3 heteroatoms. The van der Waals surface area contributed by atoms with Crippen molar-refractivity contribution < 1.29 is 0 Å². The summed E-state index contributed by atoms with van der Waals surface area (Å²) in [7, 11) is 0. The van der Waals surface area contributed by atoms with Gasteiger partial charge in [-0.15, -0.1) is 0 Å². The van der Waals surface area contributed by atoms with E-state index in [9.17, 15) is 0 Å². The standard InChI is InChI=1S/C8H16N2S/c1-2-8(11-5-1)6-9-3-4-10-7-8/h9-10H,1-7H2. The minimum atomic E-state index is 0.552. The minimum Gasteiger partial charge on any atom is -0.314 e. The van der Waals surface area contributed by atoms with Crippen molar-refractivity contribution in [1.82, 2.24) is 10.6 Å². The number of nitrogens with one attached hydrogen (secondary N) is 2. The molecule has 0 bridgehead atoms. The summed E-state index contributed by atoms with van der Waals surface area (Å²) in [5.41, 5.74) is 0. The highest BCUT2D eigenvalue weighted by Gasteiger charge is 2.34. The molecule has 1 spiro atoms. The molecule has 2 fully saturated rings. The molecule has 0 aliphatic carbocycles. The zero-order valence-electron chi connectivity index (χ0n) is 6.86. The molecule has 0 atom stereocenters. The Labute approximate surface area is 72.5 Å². The molecule has 2 aliphatic rings. The van der Waals surface area contributed by atoms with Crippen LogP contribution in [0.2, 0.25) is 0 Å². The fourth-order valence-corrected chi connectivity index (χ4v) is 3.32. The molecule has 2 saturated heterocycles. The average molecular weight is 172 g/mol. The van der Waals surface area contributed by atoms with Crippen LogP contribution in [0.5, 0.6) is 0 Å². The highest BCUT2D eigenvalue weighted by Crippen LogP contribution is 2.37. The first-order valence-electron chi connectivity index (χ1n) is 4.47. The average Bonchev–Trinajstić information content (AvgIpc) is 2.32. The summed E-state index contributed by atoms with van der Waals surface area (Å²) in [5.74, 6) is 1.36. The van der Waals surface area contributed by atoms with Gasteiger partial charge in [0.05, 0.1) is 0 Å². The summed E-state index contributed by atoms with van der Waals surface area (Å²) in [6, 6.07) is 0. The monoisotopic (exact) mass is 172 g/mol. The van der Waals surface area contributed by atoms with Crippen LogP contribution in [-0.2, 0) is 0 Å². The molecule has 0 aromatic heterocycles. The van der Waals surface area contributed by atoms with Gasteiger partial charge in [0.1, 0.15) is 0 Å². The van der Waals surface area contributed by atoms with E-state index in [0.29, 0.717) is 4.75 Å². The largest absolute Gasteiger partial charge is 0.314 e. The van der Waals surface area contributed by atoms with E-state index in [1.54, 1.807) is 0 Å². The smallest absolute Gasteiger partial charge is 0.0408 e. The van der Waals surface area contributed by atoms with Gasteiger partial charge in [-0.25, -0.2) is 0 Å². The van der Waals surface area contributed by atoms with E-state index in [2.05, 4.69) is 22.4 Å². The Balaban J connectivity index is 1.97. The van der Waals surface area contributed by atoms with Gasteiger partial charge in [0.25, 0.3) is 0 Å². The van der Waals surface area contributed by atoms with Crippen molar-refractivity contribution >= 4 is 11.8 Å². The summed E-state index contributed by atoms with van der Waals surface area (Å²) in [4.78, 5) is 0. The molecule has 0 radical (unpaired) electrons. The number of hydrogen-bond acceptors (Lipinski definition) is 3. The van der Waals surface area contributed by atoms with Crippen molar-refractivity contribution in [3.05, 3.63) is 0 Å². The lowest BCUT2D eigenvalue weighted by molar-refractivity contribution is 0.528. The molecule has 0 aromatic carbocycles. The third-order valence-corrected chi connectivity index (χ3v) is 4.16. The fraction of sp³-hybridized carbons (Fsp3) is 1.00. The van der Waals surface area contributed by atoms with E-state index in [1.807, 2.05) is 0 Å². The van der Waals surface area contributed by atoms with Crippen molar-refractivity contribution in [1.29, 1.82) is 0 Å². The maximum Gasteiger partial charge on any atom is 0.0408 e. The van der Waals surface area contributed by atoms with E-state index in [-0.39, 0.29) is 0 Å². The molecular formula is C8H16N2S. The van der Waals surface area contributed by atoms with Crippen LogP contribution in [-0.4, -0.2) is 36.7 Å². The van der Waals surface area contributed by atoms with E-state index in [4.69, 9.17) is 0 Å². The van der Waals surface area contributed by atoms with Crippen LogP contribution in [0.3, 0.4) is 0 Å². The maximum atomic E-state index is 3.50. The number of hydrogen-bond donors (Lipinski definition) is 2. The number of thioether (sulfide) groups is 1. The third-order valence-electron chi connectivity index (χ3n) is 2.56. The Kier molecular flexibility index (Phi) is 2.39. The van der Waals surface area contributed by atoms with Crippen LogP contribution in [0.1, 0.15) is 12.8 Å². The molecule has 2 N–H and O–H groups in total. The Morgan fingerprint density at radius 2 is 1.82 bits per heavy atom. The lowest BCUT2D eigenvalue weighted by Gasteiger charge is -2.25. The Bertz CT molecular complexity index is 122. The summed E-state index contributed by atoms with van der Waals surface area (Å²) >= 11 is 2.15. The lowest BCUT2D eigenvalue weighted by Crippen LogP contribution is -2.39. The second-order valence-electron chi connectivity index (χ2n) is 3.49. The zero-order valence-corrected chi connectivity index (χ0v) is 7.67. The number of rotatable bonds is 0. The van der Waals surface area contributed by atoms with Gasteiger partial charge < -0.3 is 10.6 Å². The predicted octanol–water partition coefficient (Wildman–Crippen LogP) is 0.445. The minimum absolute atomic E-state index is 0.552. The molecule has 11 heavy (non-hydrogen) atoms. The molecule has 2 nitrogen and oxygen atoms in total. The van der Waals surface area contributed by atoms with Gasteiger partial charge in [0.15, 0.2) is 0 Å². The molecular weight excluding hydrogens is 156 g/mol. The Morgan fingerprint density at radius 3 is 2.36 bits per heavy atom. The van der Waals surface area contributed by atoms with Gasteiger partial charge in [-0.3, -0.25) is 0 Å². The van der Waals surface area contributed by atoms with Crippen LogP contribution >= 0.6 is 11.8 Å². The van der Waals surface area contributed by atoms with E-state index >= 15 is 0 Å². The first-order chi connectivity index (χ1) is 5.41. The first kappa shape index (κ1) is 7.90. The highest BCUT2D eigenvalue weighted by molar-refractivity contribution is 8.01. The van der Waals surface area contributed by atoms with Crippen LogP contribution in [0, 0.1) is 0 Å². The van der Waals surface area contributed by atoms with Crippen LogP contribution in [0.15, 0.2) is 0 Å². The van der Waals surface area contributed by atoms with Gasteiger partial charge in [-0.2, -0.15) is 11.8 Å². The van der Waals surface area contributed by atoms with Gasteiger partial charge in [-0.05, 0) is 18.6 Å². The second kappa shape index (κ2) is 3.33. The van der Waals surface area contributed by atoms with E-state index < -0.39 is 0 Å². The quantitative estimate of drug-likeness (QED) is 0.554. The summed E-state index contributed by atoms with van der Waals surface area (Å²) in [6.07, 6.45) is 2.81. The van der Waals surface area contributed by atoms with Crippen LogP contribution < -0.4 is 10.6 Å². The van der Waals surface area contributed by atoms with Crippen molar-refractivity contribution in [2.45, 2.75) is 17.6 Å². The van der Waals surface area contributed by atoms with Crippen molar-refractivity contribution in [2.75, 3.05) is 31.9 Å². The first-order valence-corrected chi connectivity index (χ1v) is 5.45. The zero-order chi connectivity index (χ0) is 7.57. The normalized spacial score (nSPS) is 30.5. The Hall–Kier alpha value is 0.270. The molecule has 0 amide bonds. The summed E-state index contributed by atoms with van der Waals surface area (Å²) < 4.78 is 0.552. The van der Waals surface area contributed by atoms with Gasteiger partial charge in [-0.1, -0.05) is 0 Å². The molecule has 2 rings (SSSR count). The molecule has 2 heterocycles. The van der Waals surface area contributed by atoms with Crippen LogP contribution in [0.25, 0.3) is 0 Å². The SMILES string of the molecule is C1CSC2(C1)CNCCNC2. The molecule has 0 saturated carbocycles. The van der Waals surface area contributed by atoms with E-state index in [0.717, 1.165) is 13.1 Å². The van der Waals surface area contributed by atoms with Gasteiger partial charge in [0.2, 0.25) is 0 Å². The predicted molar refractivity (Wildman–Crippen MR) is 50.2 cm³/mol. The topological polar surface area (TPSA) is 24.1 Å². The van der Waals surface area contributed by atoms with Crippen molar-refractivity contribution in [3.63, 3.8) is 0 Å². The molecule has 64 valence electrons. The molecule has 0 unspecified atom stereocenters. The van der Waals surface area contributed by atoms with Crippen molar-refractivity contribution in [2.24, 2.45) is 0 Å². The summed E-state index contributed by atoms with van der Waals surface area (Å²) in [6.45, 7) is 4.71. The van der Waals surface area contributed by atoms with Gasteiger partial charge in [0, 0.05) is 30.9 Å². The molecule has 2 aliphatic heterocycles. The van der Waals surface area contributed by atoms with Gasteiger partial charge >= 0.3 is 0 Å². The Morgan fingerprint density at radius 1 is 1.09 bits per heavy atom. The van der Waals surface area contributed by atoms with E-state index in [1.165, 1.54) is 31.7 Å². The second-order valence-corrected chi connectivity index (χ2v) is 5.05. The fourth-order valence-electron chi connectivity index (χ4n) is 1.91. The highest BCUT2D eigenvalue weighted by atomic mass is 32.2.